The summed E-state index contributed by atoms with van der Waals surface area (Å²) in [6, 6.07) is 8.60. The molecule has 0 radical (unpaired) electrons. The molecule has 0 saturated carbocycles. The van der Waals surface area contributed by atoms with Crippen LogP contribution in [0.25, 0.3) is 10.8 Å². The Kier molecular flexibility index (Phi) is 4.47. The van der Waals surface area contributed by atoms with E-state index < -0.39 is 11.7 Å². The molecule has 1 aliphatic heterocycles. The maximum absolute atomic E-state index is 12.6. The molecule has 3 aromatic rings. The smallest absolute Gasteiger partial charge is 0.338 e. The quantitative estimate of drug-likeness (QED) is 0.662. The van der Waals surface area contributed by atoms with E-state index in [1.54, 1.807) is 4.90 Å². The standard InChI is InChI=1S/C18H14F3N3O2S/c19-18(20,21)13-5-3-11(4-6-13)9-24-10-12(8-15(24)25)16-22-17(26-23-16)14-2-1-7-27-14/h1-7,12H,8-10H2. The highest BCUT2D eigenvalue weighted by Gasteiger charge is 2.34. The highest BCUT2D eigenvalue weighted by molar-refractivity contribution is 7.13. The number of rotatable bonds is 4. The molecular formula is C18H14F3N3O2S. The fourth-order valence-corrected chi connectivity index (χ4v) is 3.66. The Balaban J connectivity index is 1.43. The van der Waals surface area contributed by atoms with Gasteiger partial charge in [0.25, 0.3) is 5.89 Å². The van der Waals surface area contributed by atoms with Crippen molar-refractivity contribution in [1.29, 1.82) is 0 Å². The van der Waals surface area contributed by atoms with Gasteiger partial charge in [0.1, 0.15) is 0 Å². The Bertz CT molecular complexity index is 936. The SMILES string of the molecule is O=C1CC(c2noc(-c3cccs3)n2)CN1Cc1ccc(C(F)(F)F)cc1. The van der Waals surface area contributed by atoms with E-state index in [0.717, 1.165) is 17.0 Å². The molecule has 1 aromatic carbocycles. The first kappa shape index (κ1) is 17.7. The van der Waals surface area contributed by atoms with Gasteiger partial charge in [0.2, 0.25) is 5.91 Å². The lowest BCUT2D eigenvalue weighted by Crippen LogP contribution is -2.24. The third kappa shape index (κ3) is 3.73. The molecule has 1 amide bonds. The highest BCUT2D eigenvalue weighted by atomic mass is 32.1. The molecule has 0 spiro atoms. The molecule has 0 bridgehead atoms. The minimum atomic E-state index is -4.37. The number of halogens is 3. The van der Waals surface area contributed by atoms with Crippen LogP contribution in [0.5, 0.6) is 0 Å². The molecule has 1 fully saturated rings. The van der Waals surface area contributed by atoms with Crippen LogP contribution in [0, 0.1) is 0 Å². The Morgan fingerprint density at radius 1 is 1.22 bits per heavy atom. The van der Waals surface area contributed by atoms with Gasteiger partial charge in [-0.25, -0.2) is 0 Å². The molecule has 0 N–H and O–H groups in total. The number of likely N-dealkylation sites (tertiary alicyclic amines) is 1. The molecule has 27 heavy (non-hydrogen) atoms. The predicted octanol–water partition coefficient (Wildman–Crippen LogP) is 4.33. The van der Waals surface area contributed by atoms with E-state index in [-0.39, 0.29) is 24.8 Å². The summed E-state index contributed by atoms with van der Waals surface area (Å²) in [6.07, 6.45) is -4.12. The molecule has 0 aliphatic carbocycles. The van der Waals surface area contributed by atoms with Crippen molar-refractivity contribution in [3.63, 3.8) is 0 Å². The number of amides is 1. The summed E-state index contributed by atoms with van der Waals surface area (Å²) < 4.78 is 43.2. The van der Waals surface area contributed by atoms with Crippen LogP contribution in [-0.4, -0.2) is 27.5 Å². The second-order valence-electron chi connectivity index (χ2n) is 6.31. The lowest BCUT2D eigenvalue weighted by Gasteiger charge is -2.16. The molecule has 9 heteroatoms. The summed E-state index contributed by atoms with van der Waals surface area (Å²) in [6.45, 7) is 0.659. The van der Waals surface area contributed by atoms with Crippen LogP contribution >= 0.6 is 11.3 Å². The number of carbonyl (C=O) groups excluding carboxylic acids is 1. The van der Waals surface area contributed by atoms with Gasteiger partial charge in [-0.15, -0.1) is 11.3 Å². The third-order valence-corrected chi connectivity index (χ3v) is 5.27. The van der Waals surface area contributed by atoms with Crippen molar-refractivity contribution >= 4 is 17.2 Å². The molecule has 4 rings (SSSR count). The summed E-state index contributed by atoms with van der Waals surface area (Å²) in [7, 11) is 0. The van der Waals surface area contributed by atoms with Crippen molar-refractivity contribution in [3.05, 3.63) is 58.7 Å². The Labute approximate surface area is 156 Å². The molecule has 3 heterocycles. The van der Waals surface area contributed by atoms with Gasteiger partial charge in [0.15, 0.2) is 5.82 Å². The number of alkyl halides is 3. The maximum atomic E-state index is 12.6. The van der Waals surface area contributed by atoms with Crippen LogP contribution in [0.2, 0.25) is 0 Å². The zero-order valence-corrected chi connectivity index (χ0v) is 14.8. The van der Waals surface area contributed by atoms with E-state index in [1.807, 2.05) is 17.5 Å². The zero-order valence-electron chi connectivity index (χ0n) is 13.9. The van der Waals surface area contributed by atoms with Crippen molar-refractivity contribution in [2.45, 2.75) is 25.1 Å². The minimum Gasteiger partial charge on any atom is -0.338 e. The fraction of sp³-hybridized carbons (Fsp3) is 0.278. The molecule has 1 aliphatic rings. The van der Waals surface area contributed by atoms with Gasteiger partial charge < -0.3 is 9.42 Å². The van der Waals surface area contributed by atoms with Crippen LogP contribution < -0.4 is 0 Å². The van der Waals surface area contributed by atoms with Crippen molar-refractivity contribution in [3.8, 4) is 10.8 Å². The van der Waals surface area contributed by atoms with Gasteiger partial charge in [0.05, 0.1) is 10.4 Å². The number of hydrogen-bond donors (Lipinski definition) is 0. The first-order chi connectivity index (χ1) is 12.9. The second kappa shape index (κ2) is 6.80. The number of nitrogens with zero attached hydrogens (tertiary/aromatic N) is 3. The summed E-state index contributed by atoms with van der Waals surface area (Å²) in [5, 5.41) is 5.89. The van der Waals surface area contributed by atoms with Crippen molar-refractivity contribution in [2.24, 2.45) is 0 Å². The topological polar surface area (TPSA) is 59.2 Å². The predicted molar refractivity (Wildman–Crippen MR) is 91.8 cm³/mol. The van der Waals surface area contributed by atoms with Gasteiger partial charge in [0, 0.05) is 25.4 Å². The molecule has 5 nitrogen and oxygen atoms in total. The van der Waals surface area contributed by atoms with E-state index in [1.165, 1.54) is 23.5 Å². The summed E-state index contributed by atoms with van der Waals surface area (Å²) in [5.41, 5.74) is -0.0610. The van der Waals surface area contributed by atoms with Crippen LogP contribution in [0.4, 0.5) is 13.2 Å². The lowest BCUT2D eigenvalue weighted by atomic mass is 10.1. The summed E-state index contributed by atoms with van der Waals surface area (Å²) >= 11 is 1.48. The molecule has 2 aromatic heterocycles. The second-order valence-corrected chi connectivity index (χ2v) is 7.25. The molecule has 1 atom stereocenters. The maximum Gasteiger partial charge on any atom is 0.416 e. The fourth-order valence-electron chi connectivity index (χ4n) is 3.02. The first-order valence-corrected chi connectivity index (χ1v) is 9.09. The van der Waals surface area contributed by atoms with E-state index in [2.05, 4.69) is 10.1 Å². The lowest BCUT2D eigenvalue weighted by molar-refractivity contribution is -0.137. The Morgan fingerprint density at radius 2 is 2.00 bits per heavy atom. The van der Waals surface area contributed by atoms with Gasteiger partial charge >= 0.3 is 6.18 Å². The number of thiophene rings is 1. The largest absolute Gasteiger partial charge is 0.416 e. The van der Waals surface area contributed by atoms with E-state index in [9.17, 15) is 18.0 Å². The third-order valence-electron chi connectivity index (χ3n) is 4.41. The molecule has 140 valence electrons. The molecule has 1 saturated heterocycles. The van der Waals surface area contributed by atoms with Gasteiger partial charge in [-0.1, -0.05) is 23.4 Å². The van der Waals surface area contributed by atoms with Gasteiger partial charge in [-0.3, -0.25) is 4.79 Å². The van der Waals surface area contributed by atoms with Crippen molar-refractivity contribution < 1.29 is 22.5 Å². The van der Waals surface area contributed by atoms with E-state index >= 15 is 0 Å². The van der Waals surface area contributed by atoms with E-state index in [4.69, 9.17) is 4.52 Å². The zero-order chi connectivity index (χ0) is 19.0. The van der Waals surface area contributed by atoms with Gasteiger partial charge in [-0.2, -0.15) is 18.2 Å². The number of hydrogen-bond acceptors (Lipinski definition) is 5. The van der Waals surface area contributed by atoms with Crippen LogP contribution in [0.1, 0.15) is 29.3 Å². The molecular weight excluding hydrogens is 379 g/mol. The van der Waals surface area contributed by atoms with E-state index in [0.29, 0.717) is 23.8 Å². The number of benzene rings is 1. The average Bonchev–Trinajstić information content (AvgIpc) is 3.35. The summed E-state index contributed by atoms with van der Waals surface area (Å²) in [4.78, 5) is 19.1. The average molecular weight is 393 g/mol. The summed E-state index contributed by atoms with van der Waals surface area (Å²) in [5.74, 6) is 0.627. The first-order valence-electron chi connectivity index (χ1n) is 8.21. The number of aromatic nitrogens is 2. The monoisotopic (exact) mass is 393 g/mol. The number of carbonyl (C=O) groups is 1. The van der Waals surface area contributed by atoms with Gasteiger partial charge in [-0.05, 0) is 29.1 Å². The minimum absolute atomic E-state index is 0.0811. The normalized spacial score (nSPS) is 17.7. The van der Waals surface area contributed by atoms with Crippen molar-refractivity contribution in [1.82, 2.24) is 15.0 Å². The molecule has 1 unspecified atom stereocenters. The van der Waals surface area contributed by atoms with Crippen LogP contribution in [0.15, 0.2) is 46.3 Å². The highest BCUT2D eigenvalue weighted by Crippen LogP contribution is 2.32. The van der Waals surface area contributed by atoms with Crippen LogP contribution in [0.3, 0.4) is 0 Å². The van der Waals surface area contributed by atoms with Crippen LogP contribution in [-0.2, 0) is 17.5 Å². The van der Waals surface area contributed by atoms with Crippen molar-refractivity contribution in [2.75, 3.05) is 6.54 Å². The Hall–Kier alpha value is -2.68. The Morgan fingerprint density at radius 3 is 2.67 bits per heavy atom.